The molecule has 78 valence electrons. The molecule has 0 aromatic carbocycles. The molecule has 0 amide bonds. The van der Waals surface area contributed by atoms with Crippen LogP contribution in [0, 0.1) is 0 Å². The maximum atomic E-state index is 8.94. The number of rotatable bonds is 1. The van der Waals surface area contributed by atoms with Gasteiger partial charge in [-0.1, -0.05) is 0 Å². The maximum Gasteiger partial charge on any atom is 0.181 e. The maximum absolute atomic E-state index is 8.94. The molecular formula is C10H9NO4. The minimum absolute atomic E-state index is 0.195. The van der Waals surface area contributed by atoms with E-state index >= 15 is 0 Å². The monoisotopic (exact) mass is 207 g/mol. The lowest BCUT2D eigenvalue weighted by Gasteiger charge is -2.25. The quantitative estimate of drug-likeness (QED) is 0.678. The number of fused-ring (bicyclic) bond motifs is 2. The van der Waals surface area contributed by atoms with Crippen LogP contribution in [0.4, 0.5) is 0 Å². The Morgan fingerprint density at radius 2 is 2.40 bits per heavy atom. The van der Waals surface area contributed by atoms with E-state index in [2.05, 4.69) is 4.99 Å². The highest BCUT2D eigenvalue weighted by molar-refractivity contribution is 6.02. The first-order valence-corrected chi connectivity index (χ1v) is 4.61. The van der Waals surface area contributed by atoms with Gasteiger partial charge in [-0.15, -0.1) is 0 Å². The number of aliphatic hydroxyl groups is 1. The Hall–Kier alpha value is -1.59. The van der Waals surface area contributed by atoms with Crippen molar-refractivity contribution < 1.29 is 19.3 Å². The summed E-state index contributed by atoms with van der Waals surface area (Å²) in [4.78, 5) is 4.16. The standard InChI is InChI=1S/C10H9NO4/c12-3-6-4-13-8-2-1-7-9(10(8)15-6)14-5-11-7/h1-2,4,9,12H,3,5H2. The Labute approximate surface area is 86.0 Å². The van der Waals surface area contributed by atoms with Crippen LogP contribution in [0.5, 0.6) is 0 Å². The van der Waals surface area contributed by atoms with Crippen LogP contribution in [0.3, 0.4) is 0 Å². The van der Waals surface area contributed by atoms with E-state index in [1.165, 1.54) is 6.26 Å². The Bertz CT molecular complexity index is 419. The van der Waals surface area contributed by atoms with Crippen LogP contribution in [0.15, 0.2) is 40.7 Å². The zero-order valence-electron chi connectivity index (χ0n) is 7.84. The zero-order chi connectivity index (χ0) is 10.3. The normalized spacial score (nSPS) is 27.4. The third-order valence-electron chi connectivity index (χ3n) is 2.36. The molecule has 0 radical (unpaired) electrons. The van der Waals surface area contributed by atoms with Crippen molar-refractivity contribution in [3.05, 3.63) is 35.7 Å². The van der Waals surface area contributed by atoms with E-state index in [0.29, 0.717) is 24.0 Å². The second-order valence-corrected chi connectivity index (χ2v) is 3.28. The van der Waals surface area contributed by atoms with E-state index in [1.54, 1.807) is 6.08 Å². The van der Waals surface area contributed by atoms with Crippen LogP contribution in [0.25, 0.3) is 0 Å². The first kappa shape index (κ1) is 8.70. The fourth-order valence-corrected chi connectivity index (χ4v) is 1.64. The highest BCUT2D eigenvalue weighted by Crippen LogP contribution is 2.30. The van der Waals surface area contributed by atoms with E-state index in [-0.39, 0.29) is 12.7 Å². The van der Waals surface area contributed by atoms with Crippen LogP contribution in [-0.2, 0) is 14.2 Å². The molecule has 0 bridgehead atoms. The SMILES string of the molecule is OCC1=COC2=C(O1)C1OCN=C1C=C2. The molecule has 2 aliphatic heterocycles. The Balaban J connectivity index is 1.93. The van der Waals surface area contributed by atoms with Gasteiger partial charge in [-0.05, 0) is 12.2 Å². The molecule has 0 aromatic heterocycles. The summed E-state index contributed by atoms with van der Waals surface area (Å²) in [6, 6.07) is 0. The summed E-state index contributed by atoms with van der Waals surface area (Å²) in [6.45, 7) is 0.141. The van der Waals surface area contributed by atoms with Gasteiger partial charge in [-0.2, -0.15) is 0 Å². The summed E-state index contributed by atoms with van der Waals surface area (Å²) >= 11 is 0. The van der Waals surface area contributed by atoms with Gasteiger partial charge in [-0.3, -0.25) is 4.99 Å². The molecule has 2 heterocycles. The third-order valence-corrected chi connectivity index (χ3v) is 2.36. The van der Waals surface area contributed by atoms with E-state index in [9.17, 15) is 0 Å². The molecule has 5 heteroatoms. The highest BCUT2D eigenvalue weighted by atomic mass is 16.6. The van der Waals surface area contributed by atoms with Crippen LogP contribution in [0.2, 0.25) is 0 Å². The summed E-state index contributed by atoms with van der Waals surface area (Å²) in [6.07, 6.45) is 4.72. The van der Waals surface area contributed by atoms with Crippen molar-refractivity contribution in [1.82, 2.24) is 0 Å². The molecule has 0 aromatic rings. The summed E-state index contributed by atoms with van der Waals surface area (Å²) < 4.78 is 16.2. The molecule has 3 aliphatic rings. The average Bonchev–Trinajstić information content (AvgIpc) is 2.76. The van der Waals surface area contributed by atoms with E-state index in [4.69, 9.17) is 19.3 Å². The van der Waals surface area contributed by atoms with Gasteiger partial charge in [0.1, 0.15) is 19.6 Å². The second-order valence-electron chi connectivity index (χ2n) is 3.28. The first-order valence-electron chi connectivity index (χ1n) is 4.61. The first-order chi connectivity index (χ1) is 7.38. The van der Waals surface area contributed by atoms with Gasteiger partial charge in [0.05, 0.1) is 5.71 Å². The minimum Gasteiger partial charge on any atom is -0.458 e. The summed E-state index contributed by atoms with van der Waals surface area (Å²) in [5, 5.41) is 8.94. The zero-order valence-corrected chi connectivity index (χ0v) is 7.84. The van der Waals surface area contributed by atoms with E-state index in [0.717, 1.165) is 5.71 Å². The van der Waals surface area contributed by atoms with E-state index < -0.39 is 0 Å². The molecule has 0 saturated heterocycles. The Kier molecular flexibility index (Phi) is 1.87. The second kappa shape index (κ2) is 3.22. The Morgan fingerprint density at radius 3 is 3.27 bits per heavy atom. The number of nitrogens with zero attached hydrogens (tertiary/aromatic N) is 1. The molecule has 0 saturated carbocycles. The van der Waals surface area contributed by atoms with Crippen LogP contribution >= 0.6 is 0 Å². The molecule has 1 atom stereocenters. The summed E-state index contributed by atoms with van der Waals surface area (Å²) in [7, 11) is 0. The molecular weight excluding hydrogens is 198 g/mol. The lowest BCUT2D eigenvalue weighted by Crippen LogP contribution is -2.27. The van der Waals surface area contributed by atoms with Crippen molar-refractivity contribution in [2.75, 3.05) is 13.3 Å². The predicted molar refractivity (Wildman–Crippen MR) is 50.7 cm³/mol. The molecule has 15 heavy (non-hydrogen) atoms. The van der Waals surface area contributed by atoms with Gasteiger partial charge in [0.2, 0.25) is 0 Å². The van der Waals surface area contributed by atoms with Crippen LogP contribution in [0.1, 0.15) is 0 Å². The molecule has 1 aliphatic carbocycles. The van der Waals surface area contributed by atoms with Gasteiger partial charge in [0.15, 0.2) is 23.4 Å². The molecule has 3 rings (SSSR count). The molecule has 1 unspecified atom stereocenters. The summed E-state index contributed by atoms with van der Waals surface area (Å²) in [5.74, 6) is 1.55. The van der Waals surface area contributed by atoms with Gasteiger partial charge >= 0.3 is 0 Å². The van der Waals surface area contributed by atoms with Crippen molar-refractivity contribution in [3.63, 3.8) is 0 Å². The lowest BCUT2D eigenvalue weighted by molar-refractivity contribution is 0.0743. The van der Waals surface area contributed by atoms with Crippen LogP contribution in [-0.4, -0.2) is 30.3 Å². The number of allylic oxidation sites excluding steroid dienone is 1. The smallest absolute Gasteiger partial charge is 0.181 e. The molecule has 5 nitrogen and oxygen atoms in total. The highest BCUT2D eigenvalue weighted by Gasteiger charge is 2.34. The molecule has 1 N–H and O–H groups in total. The largest absolute Gasteiger partial charge is 0.458 e. The van der Waals surface area contributed by atoms with Crippen molar-refractivity contribution in [3.8, 4) is 0 Å². The fraction of sp³-hybridized carbons (Fsp3) is 0.300. The van der Waals surface area contributed by atoms with Gasteiger partial charge < -0.3 is 19.3 Å². The van der Waals surface area contributed by atoms with Gasteiger partial charge in [0, 0.05) is 0 Å². The summed E-state index contributed by atoms with van der Waals surface area (Å²) in [5.41, 5.74) is 0.830. The predicted octanol–water partition coefficient (Wildman–Crippen LogP) is 0.446. The molecule has 0 fully saturated rings. The average molecular weight is 207 g/mol. The van der Waals surface area contributed by atoms with Gasteiger partial charge in [0.25, 0.3) is 0 Å². The number of ether oxygens (including phenoxy) is 3. The van der Waals surface area contributed by atoms with Crippen molar-refractivity contribution >= 4 is 5.71 Å². The number of hydrogen-bond donors (Lipinski definition) is 1. The number of aliphatic imine (C=N–C) groups is 1. The topological polar surface area (TPSA) is 60.3 Å². The van der Waals surface area contributed by atoms with Crippen molar-refractivity contribution in [1.29, 1.82) is 0 Å². The fourth-order valence-electron chi connectivity index (χ4n) is 1.64. The number of hydrogen-bond acceptors (Lipinski definition) is 5. The Morgan fingerprint density at radius 1 is 1.47 bits per heavy atom. The van der Waals surface area contributed by atoms with Crippen molar-refractivity contribution in [2.24, 2.45) is 4.99 Å². The lowest BCUT2D eigenvalue weighted by atomic mass is 10.1. The van der Waals surface area contributed by atoms with E-state index in [1.807, 2.05) is 6.08 Å². The molecule has 0 spiro atoms. The number of aliphatic hydroxyl groups excluding tert-OH is 1. The van der Waals surface area contributed by atoms with Crippen LogP contribution < -0.4 is 0 Å². The van der Waals surface area contributed by atoms with Crippen molar-refractivity contribution in [2.45, 2.75) is 6.10 Å². The third kappa shape index (κ3) is 1.28. The van der Waals surface area contributed by atoms with Gasteiger partial charge in [-0.25, -0.2) is 0 Å². The minimum atomic E-state index is -0.291.